The Morgan fingerprint density at radius 2 is 2.16 bits per heavy atom. The minimum Gasteiger partial charge on any atom is -0.374 e. The molecule has 0 aromatic heterocycles. The largest absolute Gasteiger partial charge is 0.374 e. The molecule has 2 heteroatoms. The van der Waals surface area contributed by atoms with Gasteiger partial charge in [-0.3, -0.25) is 0 Å². The van der Waals surface area contributed by atoms with E-state index in [0.717, 1.165) is 12.5 Å². The normalized spacial score (nSPS) is 19.7. The first kappa shape index (κ1) is 14.4. The maximum atomic E-state index is 3.51. The first-order valence-electron chi connectivity index (χ1n) is 7.60. The summed E-state index contributed by atoms with van der Waals surface area (Å²) < 4.78 is 0. The molecule has 1 aromatic rings. The molecule has 0 saturated carbocycles. The van der Waals surface area contributed by atoms with Gasteiger partial charge in [0.05, 0.1) is 0 Å². The van der Waals surface area contributed by atoms with E-state index in [9.17, 15) is 0 Å². The van der Waals surface area contributed by atoms with Crippen molar-refractivity contribution in [2.75, 3.05) is 31.6 Å². The van der Waals surface area contributed by atoms with Gasteiger partial charge in [-0.1, -0.05) is 26.0 Å². The summed E-state index contributed by atoms with van der Waals surface area (Å²) in [4.78, 5) is 2.44. The van der Waals surface area contributed by atoms with E-state index in [2.05, 4.69) is 56.2 Å². The highest BCUT2D eigenvalue weighted by molar-refractivity contribution is 5.55. The lowest BCUT2D eigenvalue weighted by Crippen LogP contribution is -2.37. The number of aryl methyl sites for hydroxylation is 1. The average molecular weight is 260 g/mol. The predicted octanol–water partition coefficient (Wildman–Crippen LogP) is 3.55. The summed E-state index contributed by atoms with van der Waals surface area (Å²) in [5.41, 5.74) is 4.22. The van der Waals surface area contributed by atoms with Crippen LogP contribution >= 0.6 is 0 Å². The van der Waals surface area contributed by atoms with Crippen LogP contribution in [0.15, 0.2) is 18.2 Å². The Bertz CT molecular complexity index is 406. The second kappa shape index (κ2) is 6.42. The van der Waals surface area contributed by atoms with E-state index >= 15 is 0 Å². The lowest BCUT2D eigenvalue weighted by Gasteiger charge is -2.30. The van der Waals surface area contributed by atoms with Crippen LogP contribution in [0.1, 0.15) is 43.7 Å². The van der Waals surface area contributed by atoms with Gasteiger partial charge in [-0.2, -0.15) is 0 Å². The number of rotatable bonds is 4. The highest BCUT2D eigenvalue weighted by Crippen LogP contribution is 2.26. The molecule has 1 heterocycles. The molecule has 1 saturated heterocycles. The number of hydrogen-bond donors (Lipinski definition) is 1. The van der Waals surface area contributed by atoms with Crippen molar-refractivity contribution in [3.8, 4) is 0 Å². The highest BCUT2D eigenvalue weighted by atomic mass is 15.1. The standard InChI is InChI=1S/C17H28N2/c1-13(2)16-8-7-14(3)17(10-16)19(4)12-15-6-5-9-18-11-15/h7-8,10,13,15,18H,5-6,9,11-12H2,1-4H3. The average Bonchev–Trinajstić information content (AvgIpc) is 2.40. The second-order valence-electron chi connectivity index (χ2n) is 6.29. The van der Waals surface area contributed by atoms with Crippen molar-refractivity contribution in [1.29, 1.82) is 0 Å². The Balaban J connectivity index is 2.08. The summed E-state index contributed by atoms with van der Waals surface area (Å²) >= 11 is 0. The molecule has 1 aliphatic heterocycles. The zero-order valence-corrected chi connectivity index (χ0v) is 12.9. The van der Waals surface area contributed by atoms with Crippen molar-refractivity contribution in [1.82, 2.24) is 5.32 Å². The minimum absolute atomic E-state index is 0.601. The van der Waals surface area contributed by atoms with Crippen LogP contribution in [0.2, 0.25) is 0 Å². The van der Waals surface area contributed by atoms with E-state index in [1.807, 2.05) is 0 Å². The Morgan fingerprint density at radius 3 is 2.79 bits per heavy atom. The summed E-state index contributed by atoms with van der Waals surface area (Å²) in [7, 11) is 2.24. The van der Waals surface area contributed by atoms with Crippen LogP contribution in [0.5, 0.6) is 0 Å². The summed E-state index contributed by atoms with van der Waals surface area (Å²) in [6.07, 6.45) is 2.68. The van der Waals surface area contributed by atoms with Gasteiger partial charge in [-0.15, -0.1) is 0 Å². The Labute approximate surface area is 118 Å². The molecule has 0 radical (unpaired) electrons. The number of benzene rings is 1. The molecule has 1 atom stereocenters. The van der Waals surface area contributed by atoms with Crippen LogP contribution in [0.25, 0.3) is 0 Å². The smallest absolute Gasteiger partial charge is 0.0396 e. The Hall–Kier alpha value is -1.02. The third-order valence-corrected chi connectivity index (χ3v) is 4.24. The molecule has 1 unspecified atom stereocenters. The lowest BCUT2D eigenvalue weighted by atomic mass is 9.97. The number of nitrogens with zero attached hydrogens (tertiary/aromatic N) is 1. The van der Waals surface area contributed by atoms with Gasteiger partial charge in [0.15, 0.2) is 0 Å². The predicted molar refractivity (Wildman–Crippen MR) is 84.1 cm³/mol. The summed E-state index contributed by atoms with van der Waals surface area (Å²) in [6, 6.07) is 6.90. The van der Waals surface area contributed by atoms with E-state index in [0.29, 0.717) is 5.92 Å². The molecule has 0 aliphatic carbocycles. The van der Waals surface area contributed by atoms with Gasteiger partial charge in [0.2, 0.25) is 0 Å². The SMILES string of the molecule is Cc1ccc(C(C)C)cc1N(C)CC1CCCNC1. The van der Waals surface area contributed by atoms with Crippen molar-refractivity contribution < 1.29 is 0 Å². The number of nitrogens with one attached hydrogen (secondary N) is 1. The summed E-state index contributed by atoms with van der Waals surface area (Å²) in [5, 5.41) is 3.51. The van der Waals surface area contributed by atoms with E-state index < -0.39 is 0 Å². The summed E-state index contributed by atoms with van der Waals surface area (Å²) in [6.45, 7) is 10.3. The fraction of sp³-hybridized carbons (Fsp3) is 0.647. The summed E-state index contributed by atoms with van der Waals surface area (Å²) in [5.74, 6) is 1.39. The number of anilines is 1. The van der Waals surface area contributed by atoms with Gasteiger partial charge >= 0.3 is 0 Å². The van der Waals surface area contributed by atoms with Crippen LogP contribution < -0.4 is 10.2 Å². The van der Waals surface area contributed by atoms with Crippen molar-refractivity contribution in [2.45, 2.75) is 39.5 Å². The molecule has 106 valence electrons. The number of hydrogen-bond acceptors (Lipinski definition) is 2. The van der Waals surface area contributed by atoms with Crippen LogP contribution in [-0.4, -0.2) is 26.7 Å². The van der Waals surface area contributed by atoms with E-state index in [4.69, 9.17) is 0 Å². The second-order valence-corrected chi connectivity index (χ2v) is 6.29. The molecule has 1 fully saturated rings. The van der Waals surface area contributed by atoms with Gasteiger partial charge in [0, 0.05) is 19.3 Å². The van der Waals surface area contributed by atoms with Crippen LogP contribution in [0, 0.1) is 12.8 Å². The fourth-order valence-corrected chi connectivity index (χ4v) is 2.96. The monoisotopic (exact) mass is 260 g/mol. The zero-order chi connectivity index (χ0) is 13.8. The van der Waals surface area contributed by atoms with Gasteiger partial charge in [-0.05, 0) is 61.9 Å². The van der Waals surface area contributed by atoms with E-state index in [1.54, 1.807) is 0 Å². The van der Waals surface area contributed by atoms with Crippen molar-refractivity contribution in [3.05, 3.63) is 29.3 Å². The molecule has 1 aliphatic rings. The number of piperidine rings is 1. The van der Waals surface area contributed by atoms with Gasteiger partial charge < -0.3 is 10.2 Å². The maximum Gasteiger partial charge on any atom is 0.0396 e. The van der Waals surface area contributed by atoms with Gasteiger partial charge in [-0.25, -0.2) is 0 Å². The first-order chi connectivity index (χ1) is 9.08. The molecule has 0 spiro atoms. The van der Waals surface area contributed by atoms with Gasteiger partial charge in [0.1, 0.15) is 0 Å². The molecule has 19 heavy (non-hydrogen) atoms. The zero-order valence-electron chi connectivity index (χ0n) is 12.9. The maximum absolute atomic E-state index is 3.51. The lowest BCUT2D eigenvalue weighted by molar-refractivity contribution is 0.381. The van der Waals surface area contributed by atoms with Crippen molar-refractivity contribution >= 4 is 5.69 Å². The third-order valence-electron chi connectivity index (χ3n) is 4.24. The molecule has 0 bridgehead atoms. The molecule has 1 N–H and O–H groups in total. The first-order valence-corrected chi connectivity index (χ1v) is 7.60. The molecule has 2 rings (SSSR count). The van der Waals surface area contributed by atoms with Crippen molar-refractivity contribution in [2.24, 2.45) is 5.92 Å². The Morgan fingerprint density at radius 1 is 1.37 bits per heavy atom. The third kappa shape index (κ3) is 3.73. The Kier molecular flexibility index (Phi) is 4.87. The molecule has 0 amide bonds. The fourth-order valence-electron chi connectivity index (χ4n) is 2.96. The van der Waals surface area contributed by atoms with Crippen LogP contribution in [0.4, 0.5) is 5.69 Å². The van der Waals surface area contributed by atoms with Crippen LogP contribution in [-0.2, 0) is 0 Å². The van der Waals surface area contributed by atoms with E-state index in [1.165, 1.54) is 42.7 Å². The molecular weight excluding hydrogens is 232 g/mol. The van der Waals surface area contributed by atoms with E-state index in [-0.39, 0.29) is 0 Å². The quantitative estimate of drug-likeness (QED) is 0.890. The minimum atomic E-state index is 0.601. The topological polar surface area (TPSA) is 15.3 Å². The molecule has 1 aromatic carbocycles. The highest BCUT2D eigenvalue weighted by Gasteiger charge is 2.16. The molecule has 2 nitrogen and oxygen atoms in total. The van der Waals surface area contributed by atoms with Crippen LogP contribution in [0.3, 0.4) is 0 Å². The van der Waals surface area contributed by atoms with Crippen molar-refractivity contribution in [3.63, 3.8) is 0 Å². The molecular formula is C17H28N2. The van der Waals surface area contributed by atoms with Gasteiger partial charge in [0.25, 0.3) is 0 Å².